The van der Waals surface area contributed by atoms with Crippen LogP contribution in [0.4, 0.5) is 0 Å². The number of ether oxygens (including phenoxy) is 1. The Morgan fingerprint density at radius 3 is 2.83 bits per heavy atom. The lowest BCUT2D eigenvalue weighted by molar-refractivity contribution is 0.0355. The summed E-state index contributed by atoms with van der Waals surface area (Å²) in [5.41, 5.74) is 2.17. The number of carbonyl (C=O) groups is 1. The van der Waals surface area contributed by atoms with Gasteiger partial charge in [-0.1, -0.05) is 0 Å². The van der Waals surface area contributed by atoms with E-state index in [1.807, 2.05) is 30.5 Å². The quantitative estimate of drug-likeness (QED) is 0.798. The molecule has 3 rings (SSSR count). The molecule has 1 aliphatic rings. The zero-order chi connectivity index (χ0) is 16.6. The van der Waals surface area contributed by atoms with Crippen LogP contribution in [0.5, 0.6) is 0 Å². The summed E-state index contributed by atoms with van der Waals surface area (Å²) in [4.78, 5) is 12.3. The van der Waals surface area contributed by atoms with E-state index in [2.05, 4.69) is 0 Å². The van der Waals surface area contributed by atoms with E-state index in [9.17, 15) is 13.2 Å². The average Bonchev–Trinajstić information content (AvgIpc) is 3.16. The van der Waals surface area contributed by atoms with Gasteiger partial charge in [0, 0.05) is 11.4 Å². The first-order valence-electron chi connectivity index (χ1n) is 7.46. The van der Waals surface area contributed by atoms with Crippen LogP contribution in [0.1, 0.15) is 33.9 Å². The van der Waals surface area contributed by atoms with Crippen molar-refractivity contribution >= 4 is 15.8 Å². The van der Waals surface area contributed by atoms with Crippen LogP contribution in [0.15, 0.2) is 28.9 Å². The molecule has 23 heavy (non-hydrogen) atoms. The molecular formula is C16H19NO5S. The number of sulfone groups is 1. The number of furan rings is 1. The maximum atomic E-state index is 12.3. The predicted molar refractivity (Wildman–Crippen MR) is 84.2 cm³/mol. The van der Waals surface area contributed by atoms with Gasteiger partial charge in [0.25, 0.3) is 0 Å². The van der Waals surface area contributed by atoms with Crippen molar-refractivity contribution in [2.75, 3.05) is 11.5 Å². The van der Waals surface area contributed by atoms with Gasteiger partial charge < -0.3 is 13.7 Å². The summed E-state index contributed by atoms with van der Waals surface area (Å²) < 4.78 is 35.6. The number of hydrogen-bond acceptors (Lipinski definition) is 5. The SMILES string of the molecule is Cc1cc(C(=O)OC2CCS(=O)(=O)C2)c(C)n1Cc1ccco1. The second kappa shape index (κ2) is 5.88. The van der Waals surface area contributed by atoms with E-state index in [0.717, 1.165) is 17.1 Å². The van der Waals surface area contributed by atoms with Gasteiger partial charge in [-0.3, -0.25) is 0 Å². The average molecular weight is 337 g/mol. The topological polar surface area (TPSA) is 78.5 Å². The molecule has 0 saturated carbocycles. The smallest absolute Gasteiger partial charge is 0.340 e. The molecule has 0 amide bonds. The maximum absolute atomic E-state index is 12.3. The van der Waals surface area contributed by atoms with Crippen molar-refractivity contribution in [1.82, 2.24) is 4.57 Å². The number of aromatic nitrogens is 1. The first kappa shape index (κ1) is 15.9. The third-order valence-corrected chi connectivity index (χ3v) is 5.89. The Morgan fingerprint density at radius 2 is 2.22 bits per heavy atom. The fraction of sp³-hybridized carbons (Fsp3) is 0.438. The largest absolute Gasteiger partial charge is 0.467 e. The van der Waals surface area contributed by atoms with Crippen LogP contribution >= 0.6 is 0 Å². The Morgan fingerprint density at radius 1 is 1.43 bits per heavy atom. The number of aryl methyl sites for hydroxylation is 1. The molecule has 0 aromatic carbocycles. The fourth-order valence-corrected chi connectivity index (χ4v) is 4.47. The second-order valence-electron chi connectivity index (χ2n) is 5.88. The second-order valence-corrected chi connectivity index (χ2v) is 8.11. The Hall–Kier alpha value is -2.02. The molecule has 0 radical (unpaired) electrons. The molecule has 2 aromatic heterocycles. The van der Waals surface area contributed by atoms with Gasteiger partial charge in [0.15, 0.2) is 9.84 Å². The van der Waals surface area contributed by atoms with Crippen molar-refractivity contribution in [3.63, 3.8) is 0 Å². The van der Waals surface area contributed by atoms with Gasteiger partial charge in [0.2, 0.25) is 0 Å². The van der Waals surface area contributed by atoms with Gasteiger partial charge in [-0.25, -0.2) is 13.2 Å². The van der Waals surface area contributed by atoms with Crippen molar-refractivity contribution in [3.05, 3.63) is 47.2 Å². The monoisotopic (exact) mass is 337 g/mol. The van der Waals surface area contributed by atoms with Gasteiger partial charge in [0.05, 0.1) is 29.9 Å². The number of hydrogen-bond donors (Lipinski definition) is 0. The standard InChI is InChI=1S/C16H19NO5S/c1-11-8-15(12(2)17(11)9-13-4-3-6-21-13)16(18)22-14-5-7-23(19,20)10-14/h3-4,6,8,14H,5,7,9-10H2,1-2H3. The molecule has 2 aromatic rings. The summed E-state index contributed by atoms with van der Waals surface area (Å²) in [6.07, 6.45) is 1.44. The maximum Gasteiger partial charge on any atom is 0.340 e. The molecule has 0 N–H and O–H groups in total. The van der Waals surface area contributed by atoms with Crippen LogP contribution in [-0.4, -0.2) is 36.6 Å². The van der Waals surface area contributed by atoms with Crippen LogP contribution in [0.2, 0.25) is 0 Å². The predicted octanol–water partition coefficient (Wildman–Crippen LogP) is 2.09. The minimum absolute atomic E-state index is 0.0795. The van der Waals surface area contributed by atoms with Gasteiger partial charge >= 0.3 is 5.97 Å². The molecule has 1 saturated heterocycles. The first-order chi connectivity index (χ1) is 10.9. The highest BCUT2D eigenvalue weighted by Crippen LogP contribution is 2.21. The van der Waals surface area contributed by atoms with Crippen molar-refractivity contribution in [3.8, 4) is 0 Å². The third-order valence-electron chi connectivity index (χ3n) is 4.15. The highest BCUT2D eigenvalue weighted by atomic mass is 32.2. The third kappa shape index (κ3) is 3.34. The zero-order valence-electron chi connectivity index (χ0n) is 13.1. The van der Waals surface area contributed by atoms with Crippen LogP contribution in [0, 0.1) is 13.8 Å². The molecule has 124 valence electrons. The molecule has 3 heterocycles. The molecule has 1 unspecified atom stereocenters. The van der Waals surface area contributed by atoms with Crippen LogP contribution in [0.3, 0.4) is 0 Å². The van der Waals surface area contributed by atoms with Crippen molar-refractivity contribution in [2.45, 2.75) is 32.9 Å². The van der Waals surface area contributed by atoms with Crippen LogP contribution < -0.4 is 0 Å². The fourth-order valence-electron chi connectivity index (χ4n) is 2.88. The molecule has 0 bridgehead atoms. The van der Waals surface area contributed by atoms with E-state index >= 15 is 0 Å². The van der Waals surface area contributed by atoms with E-state index in [0.29, 0.717) is 18.5 Å². The lowest BCUT2D eigenvalue weighted by Gasteiger charge is -2.11. The number of rotatable bonds is 4. The highest BCUT2D eigenvalue weighted by Gasteiger charge is 2.31. The number of nitrogens with zero attached hydrogens (tertiary/aromatic N) is 1. The van der Waals surface area contributed by atoms with E-state index in [-0.39, 0.29) is 11.5 Å². The Labute approximate surface area is 135 Å². The number of esters is 1. The molecule has 1 fully saturated rings. The molecule has 6 nitrogen and oxygen atoms in total. The first-order valence-corrected chi connectivity index (χ1v) is 9.28. The molecule has 0 spiro atoms. The summed E-state index contributed by atoms with van der Waals surface area (Å²) in [5, 5.41) is 0. The van der Waals surface area contributed by atoms with Crippen molar-refractivity contribution in [2.24, 2.45) is 0 Å². The van der Waals surface area contributed by atoms with E-state index in [1.165, 1.54) is 0 Å². The Kier molecular flexibility index (Phi) is 4.06. The van der Waals surface area contributed by atoms with Gasteiger partial charge in [0.1, 0.15) is 11.9 Å². The van der Waals surface area contributed by atoms with Gasteiger partial charge in [-0.05, 0) is 38.5 Å². The van der Waals surface area contributed by atoms with Gasteiger partial charge in [-0.15, -0.1) is 0 Å². The summed E-state index contributed by atoms with van der Waals surface area (Å²) in [7, 11) is -3.07. The summed E-state index contributed by atoms with van der Waals surface area (Å²) in [6, 6.07) is 5.46. The van der Waals surface area contributed by atoms with Crippen molar-refractivity contribution in [1.29, 1.82) is 0 Å². The molecule has 0 aliphatic carbocycles. The van der Waals surface area contributed by atoms with E-state index < -0.39 is 21.9 Å². The normalized spacial score (nSPS) is 19.8. The van der Waals surface area contributed by atoms with E-state index in [1.54, 1.807) is 12.3 Å². The minimum atomic E-state index is -3.07. The lowest BCUT2D eigenvalue weighted by atomic mass is 10.2. The summed E-state index contributed by atoms with van der Waals surface area (Å²) >= 11 is 0. The van der Waals surface area contributed by atoms with Crippen LogP contribution in [-0.2, 0) is 21.1 Å². The summed E-state index contributed by atoms with van der Waals surface area (Å²) in [6.45, 7) is 4.29. The van der Waals surface area contributed by atoms with E-state index in [4.69, 9.17) is 9.15 Å². The Balaban J connectivity index is 1.76. The number of carbonyl (C=O) groups excluding carboxylic acids is 1. The van der Waals surface area contributed by atoms with Crippen LogP contribution in [0.25, 0.3) is 0 Å². The van der Waals surface area contributed by atoms with Crippen molar-refractivity contribution < 1.29 is 22.4 Å². The molecule has 1 aliphatic heterocycles. The lowest BCUT2D eigenvalue weighted by Crippen LogP contribution is -2.20. The minimum Gasteiger partial charge on any atom is -0.467 e. The molecule has 7 heteroatoms. The zero-order valence-corrected chi connectivity index (χ0v) is 13.9. The summed E-state index contributed by atoms with van der Waals surface area (Å²) in [5.74, 6) is 0.339. The highest BCUT2D eigenvalue weighted by molar-refractivity contribution is 7.91. The molecule has 1 atom stereocenters. The molecular weight excluding hydrogens is 318 g/mol. The van der Waals surface area contributed by atoms with Gasteiger partial charge in [-0.2, -0.15) is 0 Å². The Bertz CT molecular complexity index is 817.